The number of carbonyl (C=O) groups is 1. The number of nitrogens with one attached hydrogen (secondary N) is 1. The van der Waals surface area contributed by atoms with E-state index in [0.717, 1.165) is 25.2 Å². The molecule has 1 aliphatic carbocycles. The van der Waals surface area contributed by atoms with Gasteiger partial charge in [0.1, 0.15) is 0 Å². The monoisotopic (exact) mass is 240 g/mol. The Morgan fingerprint density at radius 1 is 1.41 bits per heavy atom. The second-order valence-corrected chi connectivity index (χ2v) is 5.88. The van der Waals surface area contributed by atoms with Crippen molar-refractivity contribution in [3.8, 4) is 0 Å². The van der Waals surface area contributed by atoms with Crippen LogP contribution in [-0.4, -0.2) is 18.0 Å². The van der Waals surface area contributed by atoms with Crippen molar-refractivity contribution < 1.29 is 4.79 Å². The molecular formula is C14H28N2O. The first-order valence-corrected chi connectivity index (χ1v) is 7.08. The molecule has 0 aliphatic heterocycles. The number of hydrogen-bond donors (Lipinski definition) is 2. The minimum Gasteiger partial charge on any atom is -0.352 e. The summed E-state index contributed by atoms with van der Waals surface area (Å²) in [5, 5.41) is 3.12. The van der Waals surface area contributed by atoms with Crippen LogP contribution in [0.5, 0.6) is 0 Å². The van der Waals surface area contributed by atoms with Crippen molar-refractivity contribution in [3.63, 3.8) is 0 Å². The van der Waals surface area contributed by atoms with Gasteiger partial charge in [-0.2, -0.15) is 0 Å². The first-order chi connectivity index (χ1) is 8.02. The summed E-state index contributed by atoms with van der Waals surface area (Å²) in [5.74, 6) is 1.31. The minimum atomic E-state index is -0.336. The zero-order valence-electron chi connectivity index (χ0n) is 11.5. The Bertz CT molecular complexity index is 240. The molecule has 0 bridgehead atoms. The Labute approximate surface area is 106 Å². The molecule has 1 rings (SSSR count). The first-order valence-electron chi connectivity index (χ1n) is 7.08. The Kier molecular flexibility index (Phi) is 5.96. The normalized spacial score (nSPS) is 26.9. The predicted molar refractivity (Wildman–Crippen MR) is 71.6 cm³/mol. The molecule has 3 unspecified atom stereocenters. The summed E-state index contributed by atoms with van der Waals surface area (Å²) in [5.41, 5.74) is 5.89. The maximum atomic E-state index is 11.9. The average Bonchev–Trinajstić information content (AvgIpc) is 2.28. The molecule has 0 heterocycles. The fourth-order valence-electron chi connectivity index (χ4n) is 2.72. The molecule has 3 heteroatoms. The molecule has 1 saturated carbocycles. The van der Waals surface area contributed by atoms with Crippen LogP contribution >= 0.6 is 0 Å². The Morgan fingerprint density at radius 2 is 2.12 bits per heavy atom. The van der Waals surface area contributed by atoms with Crippen molar-refractivity contribution in [3.05, 3.63) is 0 Å². The highest BCUT2D eigenvalue weighted by molar-refractivity contribution is 5.81. The van der Waals surface area contributed by atoms with Crippen molar-refractivity contribution in [2.75, 3.05) is 0 Å². The number of amides is 1. The van der Waals surface area contributed by atoms with Crippen LogP contribution in [0.15, 0.2) is 0 Å². The molecule has 1 fully saturated rings. The van der Waals surface area contributed by atoms with E-state index in [0.29, 0.717) is 12.0 Å². The highest BCUT2D eigenvalue weighted by atomic mass is 16.2. The van der Waals surface area contributed by atoms with Gasteiger partial charge in [-0.3, -0.25) is 4.79 Å². The lowest BCUT2D eigenvalue weighted by molar-refractivity contribution is -0.123. The van der Waals surface area contributed by atoms with E-state index in [1.165, 1.54) is 19.3 Å². The van der Waals surface area contributed by atoms with Crippen LogP contribution < -0.4 is 11.1 Å². The van der Waals surface area contributed by atoms with Crippen molar-refractivity contribution >= 4 is 5.91 Å². The minimum absolute atomic E-state index is 0.0421. The molecule has 0 aromatic heterocycles. The van der Waals surface area contributed by atoms with E-state index in [-0.39, 0.29) is 11.9 Å². The van der Waals surface area contributed by atoms with E-state index >= 15 is 0 Å². The van der Waals surface area contributed by atoms with Gasteiger partial charge in [0.2, 0.25) is 5.91 Å². The average molecular weight is 240 g/mol. The van der Waals surface area contributed by atoms with Crippen LogP contribution in [0.4, 0.5) is 0 Å². The van der Waals surface area contributed by atoms with E-state index in [9.17, 15) is 4.79 Å². The molecule has 100 valence electrons. The molecule has 0 aromatic rings. The Hall–Kier alpha value is -0.570. The van der Waals surface area contributed by atoms with E-state index in [4.69, 9.17) is 5.73 Å². The maximum absolute atomic E-state index is 11.9. The summed E-state index contributed by atoms with van der Waals surface area (Å²) in [6.45, 7) is 6.43. The highest BCUT2D eigenvalue weighted by Gasteiger charge is 2.24. The fourth-order valence-corrected chi connectivity index (χ4v) is 2.72. The smallest absolute Gasteiger partial charge is 0.237 e. The van der Waals surface area contributed by atoms with Gasteiger partial charge in [-0.15, -0.1) is 0 Å². The summed E-state index contributed by atoms with van der Waals surface area (Å²) >= 11 is 0. The van der Waals surface area contributed by atoms with Gasteiger partial charge in [0.25, 0.3) is 0 Å². The summed E-state index contributed by atoms with van der Waals surface area (Å²) in [6, 6.07) is 0.0245. The molecule has 0 saturated heterocycles. The quantitative estimate of drug-likeness (QED) is 0.775. The molecule has 0 spiro atoms. The van der Waals surface area contributed by atoms with Gasteiger partial charge in [0.05, 0.1) is 6.04 Å². The molecule has 0 radical (unpaired) electrons. The molecule has 3 N–H and O–H groups in total. The molecule has 17 heavy (non-hydrogen) atoms. The summed E-state index contributed by atoms with van der Waals surface area (Å²) < 4.78 is 0. The maximum Gasteiger partial charge on any atom is 0.237 e. The van der Waals surface area contributed by atoms with Crippen LogP contribution in [0.1, 0.15) is 59.3 Å². The molecule has 1 aliphatic rings. The zero-order chi connectivity index (χ0) is 12.8. The molecule has 3 atom stereocenters. The second-order valence-electron chi connectivity index (χ2n) is 5.88. The number of nitrogens with two attached hydrogens (primary N) is 1. The van der Waals surface area contributed by atoms with Gasteiger partial charge in [-0.05, 0) is 31.1 Å². The lowest BCUT2D eigenvalue weighted by atomic mass is 9.84. The molecule has 3 nitrogen and oxygen atoms in total. The third kappa shape index (κ3) is 5.07. The predicted octanol–water partition coefficient (Wildman–Crippen LogP) is 2.44. The standard InChI is InChI=1S/C14H28N2O/c1-4-11-6-5-7-12(9-11)16-14(17)13(15)8-10(2)3/h10-13H,4-9,15H2,1-3H3,(H,16,17). The van der Waals surface area contributed by atoms with Crippen LogP contribution in [0.25, 0.3) is 0 Å². The third-order valence-electron chi connectivity index (χ3n) is 3.77. The number of carbonyl (C=O) groups excluding carboxylic acids is 1. The zero-order valence-corrected chi connectivity index (χ0v) is 11.5. The number of hydrogen-bond acceptors (Lipinski definition) is 2. The van der Waals surface area contributed by atoms with Gasteiger partial charge in [0.15, 0.2) is 0 Å². The topological polar surface area (TPSA) is 55.1 Å². The summed E-state index contributed by atoms with van der Waals surface area (Å²) in [7, 11) is 0. The summed E-state index contributed by atoms with van der Waals surface area (Å²) in [4.78, 5) is 11.9. The van der Waals surface area contributed by atoms with Crippen molar-refractivity contribution in [1.82, 2.24) is 5.32 Å². The van der Waals surface area contributed by atoms with Crippen molar-refractivity contribution in [2.24, 2.45) is 17.6 Å². The van der Waals surface area contributed by atoms with Gasteiger partial charge in [0, 0.05) is 6.04 Å². The van der Waals surface area contributed by atoms with E-state index in [2.05, 4.69) is 26.1 Å². The number of rotatable bonds is 5. The highest BCUT2D eigenvalue weighted by Crippen LogP contribution is 2.26. The molecule has 0 aromatic carbocycles. The van der Waals surface area contributed by atoms with E-state index in [1.54, 1.807) is 0 Å². The first kappa shape index (κ1) is 14.5. The van der Waals surface area contributed by atoms with E-state index in [1.807, 2.05) is 0 Å². The second kappa shape index (κ2) is 7.00. The third-order valence-corrected chi connectivity index (χ3v) is 3.77. The molecule has 1 amide bonds. The van der Waals surface area contributed by atoms with Gasteiger partial charge in [-0.25, -0.2) is 0 Å². The van der Waals surface area contributed by atoms with Crippen LogP contribution in [0.3, 0.4) is 0 Å². The Morgan fingerprint density at radius 3 is 2.71 bits per heavy atom. The SMILES string of the molecule is CCC1CCCC(NC(=O)C(N)CC(C)C)C1. The lowest BCUT2D eigenvalue weighted by Gasteiger charge is -2.30. The van der Waals surface area contributed by atoms with Crippen LogP contribution in [-0.2, 0) is 4.79 Å². The van der Waals surface area contributed by atoms with Gasteiger partial charge >= 0.3 is 0 Å². The largest absolute Gasteiger partial charge is 0.352 e. The van der Waals surface area contributed by atoms with E-state index < -0.39 is 0 Å². The van der Waals surface area contributed by atoms with Gasteiger partial charge in [-0.1, -0.05) is 40.0 Å². The Balaban J connectivity index is 2.34. The van der Waals surface area contributed by atoms with Crippen LogP contribution in [0.2, 0.25) is 0 Å². The van der Waals surface area contributed by atoms with Gasteiger partial charge < -0.3 is 11.1 Å². The van der Waals surface area contributed by atoms with Crippen molar-refractivity contribution in [1.29, 1.82) is 0 Å². The summed E-state index contributed by atoms with van der Waals surface area (Å²) in [6.07, 6.45) is 6.82. The molecular weight excluding hydrogens is 212 g/mol. The lowest BCUT2D eigenvalue weighted by Crippen LogP contribution is -2.47. The fraction of sp³-hybridized carbons (Fsp3) is 0.929. The van der Waals surface area contributed by atoms with Crippen molar-refractivity contribution in [2.45, 2.75) is 71.4 Å². The van der Waals surface area contributed by atoms with Crippen LogP contribution in [0, 0.1) is 11.8 Å².